The second kappa shape index (κ2) is 7.46. The molecule has 1 aliphatic rings. The van der Waals surface area contributed by atoms with E-state index >= 15 is 0 Å². The molecular weight excluding hydrogens is 264 g/mol. The molecule has 0 bridgehead atoms. The summed E-state index contributed by atoms with van der Waals surface area (Å²) in [5, 5.41) is 6.30. The molecule has 0 spiro atoms. The summed E-state index contributed by atoms with van der Waals surface area (Å²) in [6.07, 6.45) is 3.21. The normalized spacial score (nSPS) is 19.9. The quantitative estimate of drug-likeness (QED) is 0.875. The predicted octanol–water partition coefficient (Wildman–Crippen LogP) is 2.33. The number of para-hydroxylation sites is 1. The number of nitrogens with one attached hydrogen (secondary N) is 2. The van der Waals surface area contributed by atoms with Crippen LogP contribution < -0.4 is 15.4 Å². The van der Waals surface area contributed by atoms with Crippen LogP contribution in [0.4, 0.5) is 0 Å². The second-order valence-corrected chi connectivity index (χ2v) is 5.94. The van der Waals surface area contributed by atoms with Gasteiger partial charge in [0.05, 0.1) is 12.1 Å². The summed E-state index contributed by atoms with van der Waals surface area (Å²) in [6.45, 7) is 7.49. The molecule has 1 saturated heterocycles. The summed E-state index contributed by atoms with van der Waals surface area (Å²) < 4.78 is 5.88. The van der Waals surface area contributed by atoms with Gasteiger partial charge in [0.15, 0.2) is 0 Å². The van der Waals surface area contributed by atoms with Crippen molar-refractivity contribution >= 4 is 5.91 Å². The lowest BCUT2D eigenvalue weighted by molar-refractivity contribution is -0.124. The van der Waals surface area contributed by atoms with Gasteiger partial charge in [0.25, 0.3) is 0 Å². The third kappa shape index (κ3) is 4.46. The van der Waals surface area contributed by atoms with E-state index in [4.69, 9.17) is 4.74 Å². The molecule has 4 heteroatoms. The van der Waals surface area contributed by atoms with E-state index in [9.17, 15) is 4.79 Å². The third-order valence-electron chi connectivity index (χ3n) is 3.90. The van der Waals surface area contributed by atoms with Crippen molar-refractivity contribution in [3.05, 3.63) is 29.3 Å². The van der Waals surface area contributed by atoms with E-state index in [1.54, 1.807) is 0 Å². The third-order valence-corrected chi connectivity index (χ3v) is 3.90. The van der Waals surface area contributed by atoms with Crippen molar-refractivity contribution in [3.8, 4) is 5.75 Å². The molecule has 116 valence electrons. The maximum absolute atomic E-state index is 12.1. The van der Waals surface area contributed by atoms with Gasteiger partial charge in [0.1, 0.15) is 12.4 Å². The van der Waals surface area contributed by atoms with Crippen molar-refractivity contribution in [3.63, 3.8) is 0 Å². The van der Waals surface area contributed by atoms with E-state index in [-0.39, 0.29) is 18.0 Å². The van der Waals surface area contributed by atoms with Gasteiger partial charge in [0, 0.05) is 0 Å². The molecule has 0 saturated carbocycles. The number of piperidine rings is 1. The van der Waals surface area contributed by atoms with Gasteiger partial charge >= 0.3 is 0 Å². The molecule has 2 unspecified atom stereocenters. The molecular formula is C17H26N2O2. The van der Waals surface area contributed by atoms with Gasteiger partial charge in [0.2, 0.25) is 5.91 Å². The van der Waals surface area contributed by atoms with Crippen LogP contribution in [-0.2, 0) is 4.79 Å². The zero-order valence-corrected chi connectivity index (χ0v) is 13.2. The molecule has 0 radical (unpaired) electrons. The van der Waals surface area contributed by atoms with Crippen LogP contribution >= 0.6 is 0 Å². The van der Waals surface area contributed by atoms with Gasteiger partial charge in [-0.25, -0.2) is 0 Å². The Balaban J connectivity index is 1.81. The van der Waals surface area contributed by atoms with Crippen LogP contribution in [0.15, 0.2) is 18.2 Å². The number of benzene rings is 1. The summed E-state index contributed by atoms with van der Waals surface area (Å²) in [4.78, 5) is 12.1. The average Bonchev–Trinajstić information content (AvgIpc) is 2.47. The van der Waals surface area contributed by atoms with Crippen molar-refractivity contribution < 1.29 is 9.53 Å². The van der Waals surface area contributed by atoms with E-state index in [1.165, 1.54) is 0 Å². The predicted molar refractivity (Wildman–Crippen MR) is 84.7 cm³/mol. The number of amides is 1. The Hall–Kier alpha value is -1.55. The number of carbonyl (C=O) groups excluding carboxylic acids is 1. The number of hydrogen-bond acceptors (Lipinski definition) is 3. The number of rotatable bonds is 5. The average molecular weight is 290 g/mol. The summed E-state index contributed by atoms with van der Waals surface area (Å²) in [6, 6.07) is 6.06. The first-order chi connectivity index (χ1) is 10.1. The molecule has 2 rings (SSSR count). The van der Waals surface area contributed by atoms with Gasteiger partial charge in [-0.1, -0.05) is 24.6 Å². The number of aryl methyl sites for hydroxylation is 2. The highest BCUT2D eigenvalue weighted by Crippen LogP contribution is 2.22. The standard InChI is InChI=1S/C17H26N2O2/c1-12-7-6-8-13(2)16(12)21-11-14(3)19-17(20)15-9-4-5-10-18-15/h6-8,14-15,18H,4-5,9-11H2,1-3H3,(H,19,20). The Morgan fingerprint density at radius 2 is 2.10 bits per heavy atom. The van der Waals surface area contributed by atoms with E-state index in [0.717, 1.165) is 42.7 Å². The van der Waals surface area contributed by atoms with Crippen molar-refractivity contribution in [2.24, 2.45) is 0 Å². The minimum Gasteiger partial charge on any atom is -0.491 e. The van der Waals surface area contributed by atoms with E-state index in [0.29, 0.717) is 6.61 Å². The van der Waals surface area contributed by atoms with Crippen LogP contribution in [0.5, 0.6) is 5.75 Å². The molecule has 21 heavy (non-hydrogen) atoms. The lowest BCUT2D eigenvalue weighted by atomic mass is 10.0. The van der Waals surface area contributed by atoms with Crippen molar-refractivity contribution in [2.75, 3.05) is 13.2 Å². The largest absolute Gasteiger partial charge is 0.491 e. The highest BCUT2D eigenvalue weighted by Gasteiger charge is 2.21. The maximum atomic E-state index is 12.1. The molecule has 0 aromatic heterocycles. The van der Waals surface area contributed by atoms with Gasteiger partial charge in [-0.3, -0.25) is 4.79 Å². The van der Waals surface area contributed by atoms with Crippen molar-refractivity contribution in [1.29, 1.82) is 0 Å². The van der Waals surface area contributed by atoms with Gasteiger partial charge in [-0.05, 0) is 51.3 Å². The fourth-order valence-electron chi connectivity index (χ4n) is 2.70. The SMILES string of the molecule is Cc1cccc(C)c1OCC(C)NC(=O)C1CCCCN1. The van der Waals surface area contributed by atoms with Crippen molar-refractivity contribution in [2.45, 2.75) is 52.1 Å². The molecule has 1 amide bonds. The molecule has 1 heterocycles. The topological polar surface area (TPSA) is 50.4 Å². The van der Waals surface area contributed by atoms with Crippen LogP contribution in [0, 0.1) is 13.8 Å². The first kappa shape index (κ1) is 15.8. The second-order valence-electron chi connectivity index (χ2n) is 5.94. The number of hydrogen-bond donors (Lipinski definition) is 2. The van der Waals surface area contributed by atoms with Gasteiger partial charge < -0.3 is 15.4 Å². The van der Waals surface area contributed by atoms with E-state index < -0.39 is 0 Å². The van der Waals surface area contributed by atoms with Gasteiger partial charge in [-0.15, -0.1) is 0 Å². The number of carbonyl (C=O) groups is 1. The van der Waals surface area contributed by atoms with Crippen LogP contribution in [0.1, 0.15) is 37.3 Å². The summed E-state index contributed by atoms with van der Waals surface area (Å²) in [5.41, 5.74) is 2.25. The smallest absolute Gasteiger partial charge is 0.237 e. The Kier molecular flexibility index (Phi) is 5.62. The molecule has 4 nitrogen and oxygen atoms in total. The van der Waals surface area contributed by atoms with Crippen LogP contribution in [0.25, 0.3) is 0 Å². The van der Waals surface area contributed by atoms with Crippen LogP contribution in [0.2, 0.25) is 0 Å². The Bertz CT molecular complexity index is 461. The minimum atomic E-state index is -0.0404. The van der Waals surface area contributed by atoms with E-state index in [2.05, 4.69) is 10.6 Å². The Morgan fingerprint density at radius 3 is 2.71 bits per heavy atom. The fraction of sp³-hybridized carbons (Fsp3) is 0.588. The minimum absolute atomic E-state index is 0.000215. The molecule has 1 fully saturated rings. The Morgan fingerprint density at radius 1 is 1.38 bits per heavy atom. The van der Waals surface area contributed by atoms with E-state index in [1.807, 2.05) is 39.0 Å². The highest BCUT2D eigenvalue weighted by molar-refractivity contribution is 5.82. The van der Waals surface area contributed by atoms with Crippen molar-refractivity contribution in [1.82, 2.24) is 10.6 Å². The lowest BCUT2D eigenvalue weighted by Gasteiger charge is -2.25. The summed E-state index contributed by atoms with van der Waals surface area (Å²) in [7, 11) is 0. The first-order valence-electron chi connectivity index (χ1n) is 7.80. The van der Waals surface area contributed by atoms with Gasteiger partial charge in [-0.2, -0.15) is 0 Å². The van der Waals surface area contributed by atoms with Crippen LogP contribution in [-0.4, -0.2) is 31.1 Å². The molecule has 1 aliphatic heterocycles. The summed E-state index contributed by atoms with van der Waals surface area (Å²) in [5.74, 6) is 1.02. The molecule has 2 atom stereocenters. The Labute approximate surface area is 127 Å². The fourth-order valence-corrected chi connectivity index (χ4v) is 2.70. The molecule has 1 aromatic carbocycles. The zero-order chi connectivity index (χ0) is 15.2. The highest BCUT2D eigenvalue weighted by atomic mass is 16.5. The molecule has 0 aliphatic carbocycles. The monoisotopic (exact) mass is 290 g/mol. The zero-order valence-electron chi connectivity index (χ0n) is 13.2. The summed E-state index contributed by atoms with van der Waals surface area (Å²) >= 11 is 0. The lowest BCUT2D eigenvalue weighted by Crippen LogP contribution is -2.50. The first-order valence-corrected chi connectivity index (χ1v) is 7.80. The molecule has 1 aromatic rings. The maximum Gasteiger partial charge on any atom is 0.237 e. The molecule has 2 N–H and O–H groups in total. The number of ether oxygens (including phenoxy) is 1. The van der Waals surface area contributed by atoms with Crippen LogP contribution in [0.3, 0.4) is 0 Å².